The van der Waals surface area contributed by atoms with Crippen LogP contribution in [-0.4, -0.2) is 29.2 Å². The van der Waals surface area contributed by atoms with Gasteiger partial charge in [-0.2, -0.15) is 0 Å². The van der Waals surface area contributed by atoms with Gasteiger partial charge in [-0.25, -0.2) is 9.97 Å². The van der Waals surface area contributed by atoms with Gasteiger partial charge in [-0.3, -0.25) is 0 Å². The molecule has 4 nitrogen and oxygen atoms in total. The highest BCUT2D eigenvalue weighted by molar-refractivity contribution is 7.13. The summed E-state index contributed by atoms with van der Waals surface area (Å²) in [6, 6.07) is 14.4. The third-order valence-corrected chi connectivity index (χ3v) is 5.14. The van der Waals surface area contributed by atoms with Crippen LogP contribution in [0.5, 0.6) is 5.75 Å². The molecule has 0 unspecified atom stereocenters. The first-order valence-electron chi connectivity index (χ1n) is 8.21. The van der Waals surface area contributed by atoms with Crippen molar-refractivity contribution in [1.29, 1.82) is 0 Å². The minimum Gasteiger partial charge on any atom is -0.490 e. The van der Waals surface area contributed by atoms with Crippen LogP contribution in [0.1, 0.15) is 12.8 Å². The van der Waals surface area contributed by atoms with Crippen LogP contribution in [0.25, 0.3) is 10.4 Å². The molecule has 0 amide bonds. The molecular formula is C19H19N3OS. The van der Waals surface area contributed by atoms with Crippen molar-refractivity contribution in [3.05, 3.63) is 60.2 Å². The number of hydrogen-bond acceptors (Lipinski definition) is 5. The molecule has 1 saturated heterocycles. The van der Waals surface area contributed by atoms with Gasteiger partial charge in [-0.1, -0.05) is 18.2 Å². The van der Waals surface area contributed by atoms with E-state index >= 15 is 0 Å². The zero-order valence-electron chi connectivity index (χ0n) is 13.3. The number of thiophene rings is 1. The first kappa shape index (κ1) is 15.1. The van der Waals surface area contributed by atoms with E-state index in [-0.39, 0.29) is 6.10 Å². The molecule has 1 aliphatic heterocycles. The number of benzene rings is 1. The van der Waals surface area contributed by atoms with Crippen molar-refractivity contribution in [2.24, 2.45) is 0 Å². The van der Waals surface area contributed by atoms with Crippen LogP contribution < -0.4 is 9.64 Å². The summed E-state index contributed by atoms with van der Waals surface area (Å²) in [5, 5.41) is 2.10. The van der Waals surface area contributed by atoms with Gasteiger partial charge in [-0.15, -0.1) is 11.3 Å². The maximum absolute atomic E-state index is 6.22. The van der Waals surface area contributed by atoms with E-state index < -0.39 is 0 Å². The van der Waals surface area contributed by atoms with E-state index in [0.29, 0.717) is 0 Å². The van der Waals surface area contributed by atoms with Gasteiger partial charge in [0.25, 0.3) is 0 Å². The minimum absolute atomic E-state index is 0.253. The number of ether oxygens (including phenoxy) is 1. The van der Waals surface area contributed by atoms with Gasteiger partial charge in [-0.05, 0) is 35.2 Å². The topological polar surface area (TPSA) is 38.2 Å². The third-order valence-electron chi connectivity index (χ3n) is 4.22. The molecule has 3 aromatic rings. The number of hydrogen-bond donors (Lipinski definition) is 0. The van der Waals surface area contributed by atoms with Gasteiger partial charge < -0.3 is 9.64 Å². The molecule has 0 atom stereocenters. The molecule has 24 heavy (non-hydrogen) atoms. The summed E-state index contributed by atoms with van der Waals surface area (Å²) in [4.78, 5) is 12.2. The summed E-state index contributed by atoms with van der Waals surface area (Å²) in [7, 11) is 0. The Balaban J connectivity index is 1.38. The smallest absolute Gasteiger partial charge is 0.225 e. The van der Waals surface area contributed by atoms with E-state index in [2.05, 4.69) is 50.6 Å². The quantitative estimate of drug-likeness (QED) is 0.713. The lowest BCUT2D eigenvalue weighted by Crippen LogP contribution is -2.39. The van der Waals surface area contributed by atoms with Crippen molar-refractivity contribution < 1.29 is 4.74 Å². The maximum Gasteiger partial charge on any atom is 0.225 e. The molecule has 0 saturated carbocycles. The number of anilines is 1. The van der Waals surface area contributed by atoms with E-state index in [1.807, 2.05) is 12.1 Å². The Bertz CT molecular complexity index is 768. The fourth-order valence-corrected chi connectivity index (χ4v) is 3.71. The van der Waals surface area contributed by atoms with Crippen molar-refractivity contribution in [2.45, 2.75) is 18.9 Å². The molecule has 0 spiro atoms. The van der Waals surface area contributed by atoms with Crippen molar-refractivity contribution in [2.75, 3.05) is 18.0 Å². The largest absolute Gasteiger partial charge is 0.490 e. The van der Waals surface area contributed by atoms with Crippen LogP contribution in [0.15, 0.2) is 60.2 Å². The van der Waals surface area contributed by atoms with Gasteiger partial charge in [0.1, 0.15) is 11.9 Å². The number of nitrogens with zero attached hydrogens (tertiary/aromatic N) is 3. The van der Waals surface area contributed by atoms with Gasteiger partial charge in [0, 0.05) is 43.2 Å². The molecule has 5 heteroatoms. The molecule has 4 rings (SSSR count). The van der Waals surface area contributed by atoms with E-state index in [0.717, 1.165) is 37.6 Å². The number of piperidine rings is 1. The molecule has 0 aliphatic carbocycles. The molecule has 122 valence electrons. The van der Waals surface area contributed by atoms with Crippen molar-refractivity contribution in [1.82, 2.24) is 9.97 Å². The maximum atomic E-state index is 6.22. The monoisotopic (exact) mass is 337 g/mol. The summed E-state index contributed by atoms with van der Waals surface area (Å²) in [6.07, 6.45) is 5.81. The highest BCUT2D eigenvalue weighted by atomic mass is 32.1. The second-order valence-corrected chi connectivity index (χ2v) is 6.81. The Morgan fingerprint density at radius 3 is 2.58 bits per heavy atom. The fourth-order valence-electron chi connectivity index (χ4n) is 2.99. The lowest BCUT2D eigenvalue weighted by molar-refractivity contribution is 0.170. The van der Waals surface area contributed by atoms with Crippen LogP contribution in [0.4, 0.5) is 5.95 Å². The predicted molar refractivity (Wildman–Crippen MR) is 97.7 cm³/mol. The third kappa shape index (κ3) is 3.41. The lowest BCUT2D eigenvalue weighted by Gasteiger charge is -2.32. The van der Waals surface area contributed by atoms with Crippen LogP contribution >= 0.6 is 11.3 Å². The molecule has 0 N–H and O–H groups in total. The normalized spacial score (nSPS) is 15.4. The number of rotatable bonds is 4. The summed E-state index contributed by atoms with van der Waals surface area (Å²) in [5.41, 5.74) is 1.22. The molecule has 1 aliphatic rings. The first-order chi connectivity index (χ1) is 11.9. The molecule has 1 fully saturated rings. The Morgan fingerprint density at radius 1 is 1.00 bits per heavy atom. The summed E-state index contributed by atoms with van der Waals surface area (Å²) in [6.45, 7) is 1.86. The van der Waals surface area contributed by atoms with Crippen LogP contribution in [0.3, 0.4) is 0 Å². The fraction of sp³-hybridized carbons (Fsp3) is 0.263. The second-order valence-electron chi connectivity index (χ2n) is 5.86. The molecule has 2 aromatic heterocycles. The van der Waals surface area contributed by atoms with E-state index in [1.54, 1.807) is 23.7 Å². The van der Waals surface area contributed by atoms with Gasteiger partial charge >= 0.3 is 0 Å². The molecule has 3 heterocycles. The molecule has 1 aromatic carbocycles. The number of aromatic nitrogens is 2. The molecule has 0 radical (unpaired) electrons. The average molecular weight is 337 g/mol. The SMILES string of the molecule is c1cnc(N2CCC(Oc3cccc(-c4cccs4)c3)CC2)nc1. The summed E-state index contributed by atoms with van der Waals surface area (Å²) >= 11 is 1.75. The van der Waals surface area contributed by atoms with E-state index in [9.17, 15) is 0 Å². The summed E-state index contributed by atoms with van der Waals surface area (Å²) < 4.78 is 6.22. The average Bonchev–Trinajstić information content (AvgIpc) is 3.18. The minimum atomic E-state index is 0.253. The van der Waals surface area contributed by atoms with Crippen molar-refractivity contribution >= 4 is 17.3 Å². The first-order valence-corrected chi connectivity index (χ1v) is 9.09. The van der Waals surface area contributed by atoms with Crippen LogP contribution in [0, 0.1) is 0 Å². The highest BCUT2D eigenvalue weighted by Gasteiger charge is 2.22. The Hall–Kier alpha value is -2.40. The Labute approximate surface area is 145 Å². The van der Waals surface area contributed by atoms with Gasteiger partial charge in [0.15, 0.2) is 0 Å². The van der Waals surface area contributed by atoms with Crippen LogP contribution in [-0.2, 0) is 0 Å². The van der Waals surface area contributed by atoms with Crippen molar-refractivity contribution in [3.63, 3.8) is 0 Å². The summed E-state index contributed by atoms with van der Waals surface area (Å²) in [5.74, 6) is 1.77. The van der Waals surface area contributed by atoms with Gasteiger partial charge in [0.05, 0.1) is 0 Å². The highest BCUT2D eigenvalue weighted by Crippen LogP contribution is 2.29. The van der Waals surface area contributed by atoms with E-state index in [4.69, 9.17) is 4.74 Å². The van der Waals surface area contributed by atoms with Crippen molar-refractivity contribution in [3.8, 4) is 16.2 Å². The Morgan fingerprint density at radius 2 is 1.83 bits per heavy atom. The second kappa shape index (κ2) is 7.01. The molecular weight excluding hydrogens is 318 g/mol. The zero-order valence-corrected chi connectivity index (χ0v) is 14.2. The zero-order chi connectivity index (χ0) is 16.2. The molecule has 0 bridgehead atoms. The predicted octanol–water partition coefficient (Wildman–Crippen LogP) is 4.25. The standard InChI is InChI=1S/C19H19N3OS/c1-4-15(18-6-2-13-24-18)14-17(5-1)23-16-7-11-22(12-8-16)19-20-9-3-10-21-19/h1-6,9-10,13-14,16H,7-8,11-12H2. The Kier molecular flexibility index (Phi) is 4.42. The van der Waals surface area contributed by atoms with Crippen LogP contribution in [0.2, 0.25) is 0 Å². The lowest BCUT2D eigenvalue weighted by atomic mass is 10.1. The van der Waals surface area contributed by atoms with E-state index in [1.165, 1.54) is 10.4 Å². The van der Waals surface area contributed by atoms with Gasteiger partial charge in [0.2, 0.25) is 5.95 Å².